The minimum Gasteiger partial charge on any atom is -0.398 e. The lowest BCUT2D eigenvalue weighted by molar-refractivity contribution is 0.102. The largest absolute Gasteiger partial charge is 0.398 e. The smallest absolute Gasteiger partial charge is 0.256 e. The molecule has 1 amide bonds. The van der Waals surface area contributed by atoms with E-state index in [1.54, 1.807) is 0 Å². The topological polar surface area (TPSA) is 55.1 Å². The molecule has 3 N–H and O–H groups in total. The van der Waals surface area contributed by atoms with Gasteiger partial charge in [-0.25, -0.2) is 0 Å². The highest BCUT2D eigenvalue weighted by Gasteiger charge is 2.13. The van der Waals surface area contributed by atoms with Gasteiger partial charge in [-0.15, -0.1) is 0 Å². The van der Waals surface area contributed by atoms with Crippen LogP contribution in [0, 0.1) is 13.8 Å². The Morgan fingerprint density at radius 3 is 2.50 bits per heavy atom. The number of nitrogen functional groups attached to an aromatic ring is 1. The minimum absolute atomic E-state index is 0.117. The molecule has 0 unspecified atom stereocenters. The Kier molecular flexibility index (Phi) is 3.55. The summed E-state index contributed by atoms with van der Waals surface area (Å²) in [5, 5.41) is 5.01. The van der Waals surface area contributed by atoms with Crippen LogP contribution in [0.1, 0.15) is 21.5 Å². The van der Waals surface area contributed by atoms with Gasteiger partial charge in [-0.3, -0.25) is 4.79 Å². The van der Waals surface area contributed by atoms with Gasteiger partial charge in [-0.2, -0.15) is 0 Å². The van der Waals surface area contributed by atoms with E-state index in [9.17, 15) is 4.79 Å². The van der Waals surface area contributed by atoms with Gasteiger partial charge in [-0.05, 0) is 47.9 Å². The van der Waals surface area contributed by atoms with Gasteiger partial charge in [0, 0.05) is 16.9 Å². The fourth-order valence-corrected chi connectivity index (χ4v) is 2.66. The molecule has 0 spiro atoms. The van der Waals surface area contributed by atoms with E-state index >= 15 is 0 Å². The zero-order valence-electron chi connectivity index (χ0n) is 12.7. The molecule has 0 atom stereocenters. The van der Waals surface area contributed by atoms with Gasteiger partial charge >= 0.3 is 0 Å². The van der Waals surface area contributed by atoms with E-state index in [4.69, 9.17) is 5.73 Å². The Labute approximate surface area is 129 Å². The molecule has 0 aromatic heterocycles. The maximum Gasteiger partial charge on any atom is 0.256 e. The van der Waals surface area contributed by atoms with Gasteiger partial charge in [0.05, 0.1) is 0 Å². The van der Waals surface area contributed by atoms with Crippen LogP contribution in [0.5, 0.6) is 0 Å². The molecule has 3 heteroatoms. The lowest BCUT2D eigenvalue weighted by Crippen LogP contribution is -2.14. The number of anilines is 2. The van der Waals surface area contributed by atoms with Gasteiger partial charge in [0.15, 0.2) is 0 Å². The first-order chi connectivity index (χ1) is 10.6. The summed E-state index contributed by atoms with van der Waals surface area (Å²) in [5.41, 5.74) is 9.98. The van der Waals surface area contributed by atoms with Crippen LogP contribution >= 0.6 is 0 Å². The molecule has 3 aromatic rings. The number of aryl methyl sites for hydroxylation is 1. The summed E-state index contributed by atoms with van der Waals surface area (Å²) in [5.74, 6) is -0.117. The monoisotopic (exact) mass is 290 g/mol. The molecule has 0 saturated heterocycles. The maximum absolute atomic E-state index is 12.7. The predicted octanol–water partition coefficient (Wildman–Crippen LogP) is 4.29. The maximum atomic E-state index is 12.7. The van der Waals surface area contributed by atoms with Crippen LogP contribution in [0.4, 0.5) is 11.4 Å². The fraction of sp³-hybridized carbons (Fsp3) is 0.105. The Morgan fingerprint density at radius 1 is 0.955 bits per heavy atom. The average molecular weight is 290 g/mol. The van der Waals surface area contributed by atoms with E-state index in [0.29, 0.717) is 11.3 Å². The van der Waals surface area contributed by atoms with E-state index in [0.717, 1.165) is 27.6 Å². The van der Waals surface area contributed by atoms with Crippen molar-refractivity contribution < 1.29 is 4.79 Å². The second-order valence-electron chi connectivity index (χ2n) is 5.45. The van der Waals surface area contributed by atoms with Crippen molar-refractivity contribution in [3.8, 4) is 0 Å². The molecule has 3 nitrogen and oxygen atoms in total. The van der Waals surface area contributed by atoms with Gasteiger partial charge in [0.2, 0.25) is 0 Å². The molecule has 0 fully saturated rings. The first kappa shape index (κ1) is 14.1. The second-order valence-corrected chi connectivity index (χ2v) is 5.45. The van der Waals surface area contributed by atoms with Crippen molar-refractivity contribution in [2.75, 3.05) is 11.1 Å². The van der Waals surface area contributed by atoms with Crippen molar-refractivity contribution in [2.24, 2.45) is 0 Å². The van der Waals surface area contributed by atoms with Crippen LogP contribution in [0.15, 0.2) is 54.6 Å². The Morgan fingerprint density at radius 2 is 1.68 bits per heavy atom. The molecule has 22 heavy (non-hydrogen) atoms. The molecule has 0 bridgehead atoms. The standard InChI is InChI=1S/C19H18N2O/c1-12-10-11-17(20)13(2)18(12)21-19(22)16-9-5-7-14-6-3-4-8-15(14)16/h3-11H,20H2,1-2H3,(H,21,22). The number of carbonyl (C=O) groups is 1. The molecular formula is C19H18N2O. The summed E-state index contributed by atoms with van der Waals surface area (Å²) in [4.78, 5) is 12.7. The zero-order valence-corrected chi connectivity index (χ0v) is 12.7. The predicted molar refractivity (Wildman–Crippen MR) is 92.2 cm³/mol. The van der Waals surface area contributed by atoms with E-state index in [-0.39, 0.29) is 5.91 Å². The first-order valence-corrected chi connectivity index (χ1v) is 7.22. The molecule has 3 aromatic carbocycles. The van der Waals surface area contributed by atoms with Crippen molar-refractivity contribution in [2.45, 2.75) is 13.8 Å². The van der Waals surface area contributed by atoms with Crippen molar-refractivity contribution in [1.82, 2.24) is 0 Å². The van der Waals surface area contributed by atoms with E-state index < -0.39 is 0 Å². The molecular weight excluding hydrogens is 272 g/mol. The van der Waals surface area contributed by atoms with Crippen LogP contribution < -0.4 is 11.1 Å². The quantitative estimate of drug-likeness (QED) is 0.692. The van der Waals surface area contributed by atoms with Crippen LogP contribution in [0.2, 0.25) is 0 Å². The Bertz CT molecular complexity index is 863. The number of carbonyl (C=O) groups excluding carboxylic acids is 1. The highest BCUT2D eigenvalue weighted by atomic mass is 16.1. The highest BCUT2D eigenvalue weighted by molar-refractivity contribution is 6.13. The molecule has 110 valence electrons. The van der Waals surface area contributed by atoms with Gasteiger partial charge in [-0.1, -0.05) is 42.5 Å². The summed E-state index contributed by atoms with van der Waals surface area (Å²) in [6, 6.07) is 17.4. The van der Waals surface area contributed by atoms with Gasteiger partial charge in [0.1, 0.15) is 0 Å². The summed E-state index contributed by atoms with van der Waals surface area (Å²) >= 11 is 0. The first-order valence-electron chi connectivity index (χ1n) is 7.22. The van der Waals surface area contributed by atoms with Crippen LogP contribution in [-0.2, 0) is 0 Å². The van der Waals surface area contributed by atoms with E-state index in [1.807, 2.05) is 68.4 Å². The number of fused-ring (bicyclic) bond motifs is 1. The Balaban J connectivity index is 2.03. The second kappa shape index (κ2) is 5.53. The number of nitrogens with two attached hydrogens (primary N) is 1. The molecule has 0 aliphatic carbocycles. The van der Waals surface area contributed by atoms with Crippen molar-refractivity contribution in [3.63, 3.8) is 0 Å². The van der Waals surface area contributed by atoms with Crippen LogP contribution in [-0.4, -0.2) is 5.91 Å². The van der Waals surface area contributed by atoms with Crippen molar-refractivity contribution in [1.29, 1.82) is 0 Å². The third kappa shape index (κ3) is 2.42. The molecule has 0 aliphatic rings. The van der Waals surface area contributed by atoms with Crippen molar-refractivity contribution in [3.05, 3.63) is 71.3 Å². The number of rotatable bonds is 2. The molecule has 0 heterocycles. The Hall–Kier alpha value is -2.81. The SMILES string of the molecule is Cc1ccc(N)c(C)c1NC(=O)c1cccc2ccccc12. The van der Waals surface area contributed by atoms with Crippen molar-refractivity contribution >= 4 is 28.1 Å². The molecule has 0 aliphatic heterocycles. The summed E-state index contributed by atoms with van der Waals surface area (Å²) < 4.78 is 0. The van der Waals surface area contributed by atoms with Gasteiger partial charge < -0.3 is 11.1 Å². The third-order valence-corrected chi connectivity index (χ3v) is 3.99. The number of hydrogen-bond acceptors (Lipinski definition) is 2. The minimum atomic E-state index is -0.117. The molecule has 0 saturated carbocycles. The zero-order chi connectivity index (χ0) is 15.7. The van der Waals surface area contributed by atoms with E-state index in [1.165, 1.54) is 0 Å². The normalized spacial score (nSPS) is 10.6. The summed E-state index contributed by atoms with van der Waals surface area (Å²) in [6.45, 7) is 3.88. The number of nitrogens with one attached hydrogen (secondary N) is 1. The average Bonchev–Trinajstić information content (AvgIpc) is 2.54. The molecule has 0 radical (unpaired) electrons. The fourth-order valence-electron chi connectivity index (χ4n) is 2.66. The van der Waals surface area contributed by atoms with Gasteiger partial charge in [0.25, 0.3) is 5.91 Å². The highest BCUT2D eigenvalue weighted by Crippen LogP contribution is 2.27. The summed E-state index contributed by atoms with van der Waals surface area (Å²) in [6.07, 6.45) is 0. The molecule has 3 rings (SSSR count). The summed E-state index contributed by atoms with van der Waals surface area (Å²) in [7, 11) is 0. The third-order valence-electron chi connectivity index (χ3n) is 3.99. The lowest BCUT2D eigenvalue weighted by atomic mass is 10.0. The number of hydrogen-bond donors (Lipinski definition) is 2. The van der Waals surface area contributed by atoms with E-state index in [2.05, 4.69) is 5.32 Å². The number of amides is 1. The van der Waals surface area contributed by atoms with Crippen LogP contribution in [0.3, 0.4) is 0 Å². The number of benzene rings is 3. The lowest BCUT2D eigenvalue weighted by Gasteiger charge is -2.14. The van der Waals surface area contributed by atoms with Crippen LogP contribution in [0.25, 0.3) is 10.8 Å².